The smallest absolute Gasteiger partial charge is 0.280 e. The zero-order valence-electron chi connectivity index (χ0n) is 25.6. The molecule has 0 aliphatic heterocycles. The van der Waals surface area contributed by atoms with Gasteiger partial charge >= 0.3 is 0 Å². The zero-order valence-corrected chi connectivity index (χ0v) is 28.0. The van der Waals surface area contributed by atoms with E-state index in [-0.39, 0.29) is 26.9 Å². The van der Waals surface area contributed by atoms with Crippen molar-refractivity contribution in [1.29, 1.82) is 0 Å². The number of aliphatic imine (C=N–C) groups is 1. The summed E-state index contributed by atoms with van der Waals surface area (Å²) in [6.45, 7) is 7.87. The summed E-state index contributed by atoms with van der Waals surface area (Å²) in [5, 5.41) is -0.629. The van der Waals surface area contributed by atoms with Crippen LogP contribution in [0.25, 0.3) is 12.2 Å². The second-order valence-corrected chi connectivity index (χ2v) is 14.2. The zero-order chi connectivity index (χ0) is 33.0. The van der Waals surface area contributed by atoms with Crippen LogP contribution < -0.4 is 11.5 Å². The molecule has 9 nitrogen and oxygen atoms in total. The van der Waals surface area contributed by atoms with E-state index in [4.69, 9.17) is 23.1 Å². The molecule has 0 atom stereocenters. The molecule has 236 valence electrons. The van der Waals surface area contributed by atoms with Crippen LogP contribution in [0.3, 0.4) is 0 Å². The minimum atomic E-state index is -3.49. The third-order valence-electron chi connectivity index (χ3n) is 6.21. The number of hydrogen-bond donors (Lipinski definition) is 2. The monoisotopic (exact) mass is 651 g/mol. The van der Waals surface area contributed by atoms with E-state index in [0.717, 1.165) is 43.8 Å². The maximum absolute atomic E-state index is 12.1. The highest BCUT2D eigenvalue weighted by atomic mass is 35.5. The van der Waals surface area contributed by atoms with Crippen molar-refractivity contribution in [2.75, 3.05) is 12.5 Å². The number of carbonyl (C=O) groups is 2. The first-order valence-corrected chi connectivity index (χ1v) is 18.1. The Morgan fingerprint density at radius 1 is 0.744 bits per heavy atom. The van der Waals surface area contributed by atoms with Crippen LogP contribution in [0.4, 0.5) is 0 Å². The normalized spacial score (nSPS) is 11.8. The van der Waals surface area contributed by atoms with E-state index in [9.17, 15) is 26.4 Å². The van der Waals surface area contributed by atoms with Gasteiger partial charge in [-0.1, -0.05) is 64.8 Å². The van der Waals surface area contributed by atoms with E-state index < -0.39 is 30.8 Å². The maximum Gasteiger partial charge on any atom is 0.280 e. The molecule has 2 aromatic carbocycles. The van der Waals surface area contributed by atoms with Gasteiger partial charge in [0.15, 0.2) is 25.6 Å². The number of nitrogens with zero attached hydrogens (tertiary/aromatic N) is 1. The van der Waals surface area contributed by atoms with Crippen molar-refractivity contribution in [1.82, 2.24) is 0 Å². The molecule has 0 fully saturated rings. The molecule has 0 aliphatic carbocycles. The molecule has 0 spiro atoms. The molecule has 2 rings (SSSR count). The van der Waals surface area contributed by atoms with Gasteiger partial charge in [-0.05, 0) is 83.8 Å². The summed E-state index contributed by atoms with van der Waals surface area (Å²) in [4.78, 5) is 27.3. The summed E-state index contributed by atoms with van der Waals surface area (Å²) >= 11 is 5.54. The number of benzene rings is 2. The Kier molecular flexibility index (Phi) is 15.0. The van der Waals surface area contributed by atoms with Crippen LogP contribution in [0.2, 0.25) is 0 Å². The minimum Gasteiger partial charge on any atom is -0.370 e. The van der Waals surface area contributed by atoms with Crippen molar-refractivity contribution in [3.8, 4) is 0 Å². The molecule has 0 radical (unpaired) electrons. The van der Waals surface area contributed by atoms with Crippen LogP contribution in [0, 0.1) is 0 Å². The SMILES string of the molecule is CCCC=Cc1cc(CC)c(C(=O)Cl)cc1S(C)(=O)=O.CCCC=Cc1cc(CC)c(C(=O)N=C(N)N)cc1S(C)(=O)=O. The lowest BCUT2D eigenvalue weighted by molar-refractivity contribution is 0.100. The number of carbonyl (C=O) groups excluding carboxylic acids is 2. The van der Waals surface area contributed by atoms with Crippen LogP contribution in [-0.4, -0.2) is 46.5 Å². The predicted molar refractivity (Wildman–Crippen MR) is 176 cm³/mol. The third-order valence-corrected chi connectivity index (χ3v) is 8.72. The average Bonchev–Trinajstić information content (AvgIpc) is 2.91. The minimum absolute atomic E-state index is 0.0937. The summed E-state index contributed by atoms with van der Waals surface area (Å²) in [5.41, 5.74) is 13.6. The Morgan fingerprint density at radius 3 is 1.47 bits per heavy atom. The molecule has 0 saturated heterocycles. The van der Waals surface area contributed by atoms with Crippen LogP contribution >= 0.6 is 11.6 Å². The van der Waals surface area contributed by atoms with E-state index >= 15 is 0 Å². The van der Waals surface area contributed by atoms with Crippen LogP contribution in [-0.2, 0) is 32.5 Å². The van der Waals surface area contributed by atoms with Gasteiger partial charge in [-0.2, -0.15) is 4.99 Å². The lowest BCUT2D eigenvalue weighted by atomic mass is 10.0. The Morgan fingerprint density at radius 2 is 1.14 bits per heavy atom. The van der Waals surface area contributed by atoms with Crippen molar-refractivity contribution in [3.63, 3.8) is 0 Å². The molecule has 2 aromatic rings. The first kappa shape index (κ1) is 37.7. The van der Waals surface area contributed by atoms with E-state index in [1.165, 1.54) is 12.1 Å². The third kappa shape index (κ3) is 11.7. The lowest BCUT2D eigenvalue weighted by Gasteiger charge is -2.11. The number of rotatable bonds is 12. The lowest BCUT2D eigenvalue weighted by Crippen LogP contribution is -2.24. The van der Waals surface area contributed by atoms with Crippen LogP contribution in [0.15, 0.2) is 51.2 Å². The molecule has 43 heavy (non-hydrogen) atoms. The molecule has 0 aliphatic rings. The summed E-state index contributed by atoms with van der Waals surface area (Å²) in [5.74, 6) is -0.999. The number of halogens is 1. The number of guanidine groups is 1. The fourth-order valence-electron chi connectivity index (χ4n) is 4.09. The molecule has 0 heterocycles. The summed E-state index contributed by atoms with van der Waals surface area (Å²) < 4.78 is 47.9. The summed E-state index contributed by atoms with van der Waals surface area (Å²) in [7, 11) is -6.91. The average molecular weight is 652 g/mol. The van der Waals surface area contributed by atoms with Gasteiger partial charge in [-0.25, -0.2) is 16.8 Å². The first-order valence-electron chi connectivity index (χ1n) is 13.9. The highest BCUT2D eigenvalue weighted by Crippen LogP contribution is 2.26. The number of amides is 1. The van der Waals surface area contributed by atoms with Gasteiger partial charge in [0.2, 0.25) is 0 Å². The molecule has 4 N–H and O–H groups in total. The second kappa shape index (κ2) is 17.1. The number of unbranched alkanes of at least 4 members (excludes halogenated alkanes) is 2. The van der Waals surface area contributed by atoms with Crippen molar-refractivity contribution in [3.05, 3.63) is 69.8 Å². The van der Waals surface area contributed by atoms with Crippen molar-refractivity contribution < 1.29 is 26.4 Å². The molecule has 0 bridgehead atoms. The van der Waals surface area contributed by atoms with Gasteiger partial charge in [0.25, 0.3) is 11.1 Å². The highest BCUT2D eigenvalue weighted by molar-refractivity contribution is 7.91. The van der Waals surface area contributed by atoms with Gasteiger partial charge < -0.3 is 11.5 Å². The fraction of sp³-hybridized carbons (Fsp3) is 0.387. The molecule has 0 unspecified atom stereocenters. The fourth-order valence-corrected chi connectivity index (χ4v) is 6.04. The van der Waals surface area contributed by atoms with Crippen LogP contribution in [0.5, 0.6) is 0 Å². The Bertz CT molecular complexity index is 1620. The van der Waals surface area contributed by atoms with E-state index in [1.807, 2.05) is 32.9 Å². The Labute approximate surface area is 261 Å². The quantitative estimate of drug-likeness (QED) is 0.167. The van der Waals surface area contributed by atoms with Gasteiger partial charge in [0.1, 0.15) is 0 Å². The molecule has 12 heteroatoms. The van der Waals surface area contributed by atoms with E-state index in [2.05, 4.69) is 11.9 Å². The Balaban J connectivity index is 0.000000434. The topological polar surface area (TPSA) is 167 Å². The highest BCUT2D eigenvalue weighted by Gasteiger charge is 2.20. The standard InChI is InChI=1S/C16H23N3O3S.C15H19ClO3S/c1-4-6-7-8-12-9-11(5-2)13(15(20)19-16(17)18)10-14(12)23(3,21)22;1-4-6-7-8-12-9-11(5-2)13(15(16)17)10-14(12)20(3,18)19/h7-10H,4-6H2,1-3H3,(H4,17,18,19,20);7-10H,4-6H2,1-3H3. The number of nitrogens with two attached hydrogens (primary N) is 2. The molecule has 0 saturated carbocycles. The van der Waals surface area contributed by atoms with Gasteiger partial charge in [-0.15, -0.1) is 0 Å². The molecular weight excluding hydrogens is 610 g/mol. The predicted octanol–water partition coefficient (Wildman–Crippen LogP) is 5.72. The Hall–Kier alpha value is -3.28. The number of sulfone groups is 2. The summed E-state index contributed by atoms with van der Waals surface area (Å²) in [6.07, 6.45) is 14.5. The van der Waals surface area contributed by atoms with Crippen molar-refractivity contribution in [2.24, 2.45) is 16.5 Å². The van der Waals surface area contributed by atoms with Gasteiger partial charge in [0.05, 0.1) is 9.79 Å². The molecular formula is C31H42ClN3O6S2. The first-order chi connectivity index (χ1) is 20.0. The van der Waals surface area contributed by atoms with E-state index in [0.29, 0.717) is 29.5 Å². The van der Waals surface area contributed by atoms with E-state index in [1.54, 1.807) is 24.3 Å². The maximum atomic E-state index is 12.1. The van der Waals surface area contributed by atoms with Crippen molar-refractivity contribution in [2.45, 2.75) is 76.0 Å². The number of allylic oxidation sites excluding steroid dienone is 2. The van der Waals surface area contributed by atoms with Crippen molar-refractivity contribution >= 4 is 60.5 Å². The molecule has 0 aromatic heterocycles. The second-order valence-electron chi connectivity index (χ2n) is 9.84. The molecule has 1 amide bonds. The number of hydrogen-bond acceptors (Lipinski definition) is 6. The van der Waals surface area contributed by atoms with Gasteiger partial charge in [-0.3, -0.25) is 9.59 Å². The largest absolute Gasteiger partial charge is 0.370 e. The van der Waals surface area contributed by atoms with Crippen LogP contribution in [0.1, 0.15) is 96.3 Å². The number of aryl methyl sites for hydroxylation is 2. The van der Waals surface area contributed by atoms with Gasteiger partial charge in [0, 0.05) is 23.6 Å². The summed E-state index contributed by atoms with van der Waals surface area (Å²) in [6, 6.07) is 6.18.